The van der Waals surface area contributed by atoms with Gasteiger partial charge in [0.15, 0.2) is 0 Å². The zero-order valence-corrected chi connectivity index (χ0v) is 13.5. The number of methoxy groups -OCH3 is 1. The minimum atomic E-state index is -1.07. The summed E-state index contributed by atoms with van der Waals surface area (Å²) in [7, 11) is 1.56. The van der Waals surface area contributed by atoms with E-state index in [0.717, 1.165) is 0 Å². The Kier molecular flexibility index (Phi) is 4.05. The van der Waals surface area contributed by atoms with Crippen LogP contribution in [-0.4, -0.2) is 45.4 Å². The molecule has 3 rings (SSSR count). The van der Waals surface area contributed by atoms with Crippen molar-refractivity contribution in [3.8, 4) is 0 Å². The van der Waals surface area contributed by atoms with Crippen LogP contribution in [0.3, 0.4) is 0 Å². The number of aliphatic imine (C=N–C) groups is 1. The maximum Gasteiger partial charge on any atom is 0.252 e. The Morgan fingerprint density at radius 1 is 1.48 bits per heavy atom. The maximum absolute atomic E-state index is 12.7. The molecule has 2 aliphatic rings. The lowest BCUT2D eigenvalue weighted by molar-refractivity contribution is -0.130. The molecule has 2 aliphatic heterocycles. The topological polar surface area (TPSA) is 96.8 Å². The molecule has 9 heteroatoms. The summed E-state index contributed by atoms with van der Waals surface area (Å²) in [6.45, 7) is 2.04. The number of carbonyl (C=O) groups is 2. The Morgan fingerprint density at radius 3 is 3.09 bits per heavy atom. The van der Waals surface area contributed by atoms with Gasteiger partial charge in [0.1, 0.15) is 23.0 Å². The Morgan fingerprint density at radius 2 is 2.30 bits per heavy atom. The Hall–Kier alpha value is -2.39. The molecule has 0 radical (unpaired) electrons. The first-order chi connectivity index (χ1) is 11.0. The zero-order chi connectivity index (χ0) is 16.4. The summed E-state index contributed by atoms with van der Waals surface area (Å²) in [5.74, 6) is -0.205. The molecule has 1 aromatic rings. The first-order valence-electron chi connectivity index (χ1n) is 6.91. The molecule has 8 nitrogen and oxygen atoms in total. The van der Waals surface area contributed by atoms with Crippen LogP contribution >= 0.6 is 11.3 Å². The number of ether oxygens (including phenoxy) is 1. The van der Waals surface area contributed by atoms with Crippen LogP contribution in [0.25, 0.3) is 0 Å². The number of hydrogen-bond acceptors (Lipinski definition) is 7. The zero-order valence-electron chi connectivity index (χ0n) is 12.6. The van der Waals surface area contributed by atoms with E-state index >= 15 is 0 Å². The monoisotopic (exact) mass is 333 g/mol. The van der Waals surface area contributed by atoms with Crippen molar-refractivity contribution in [1.29, 1.82) is 0 Å². The molecule has 1 N–H and O–H groups in total. The third-order valence-corrected chi connectivity index (χ3v) is 4.36. The lowest BCUT2D eigenvalue weighted by Gasteiger charge is -2.41. The fraction of sp³-hybridized carbons (Fsp3) is 0.357. The van der Waals surface area contributed by atoms with Crippen LogP contribution in [0.4, 0.5) is 5.13 Å². The summed E-state index contributed by atoms with van der Waals surface area (Å²) in [6, 6.07) is 0. The van der Waals surface area contributed by atoms with Crippen molar-refractivity contribution in [3.05, 3.63) is 29.4 Å². The molecule has 0 aliphatic carbocycles. The number of amides is 2. The second-order valence-electron chi connectivity index (χ2n) is 5.27. The lowest BCUT2D eigenvalue weighted by Crippen LogP contribution is -2.58. The van der Waals surface area contributed by atoms with Crippen LogP contribution in [0.5, 0.6) is 0 Å². The number of fused-ring (bicyclic) bond motifs is 1. The highest BCUT2D eigenvalue weighted by atomic mass is 32.1. The molecule has 1 atom stereocenters. The number of allylic oxidation sites excluding steroid dienone is 2. The normalized spacial score (nSPS) is 22.8. The molecule has 1 aromatic heterocycles. The summed E-state index contributed by atoms with van der Waals surface area (Å²) in [4.78, 5) is 30.3. The van der Waals surface area contributed by atoms with E-state index in [1.165, 1.54) is 11.3 Å². The number of nitrogens with zero attached hydrogens (tertiary/aromatic N) is 4. The second kappa shape index (κ2) is 6.01. The lowest BCUT2D eigenvalue weighted by atomic mass is 9.91. The molecule has 3 heterocycles. The van der Waals surface area contributed by atoms with E-state index in [-0.39, 0.29) is 18.2 Å². The van der Waals surface area contributed by atoms with E-state index in [1.807, 2.05) is 0 Å². The van der Waals surface area contributed by atoms with Gasteiger partial charge in [-0.2, -0.15) is 4.99 Å². The van der Waals surface area contributed by atoms with Gasteiger partial charge in [-0.25, -0.2) is 0 Å². The van der Waals surface area contributed by atoms with Gasteiger partial charge in [-0.1, -0.05) is 17.4 Å². The van der Waals surface area contributed by atoms with Crippen LogP contribution < -0.4 is 5.32 Å². The summed E-state index contributed by atoms with van der Waals surface area (Å²) >= 11 is 1.23. The van der Waals surface area contributed by atoms with Crippen molar-refractivity contribution >= 4 is 34.1 Å². The molecule has 0 saturated heterocycles. The fourth-order valence-corrected chi connectivity index (χ4v) is 3.10. The van der Waals surface area contributed by atoms with Crippen LogP contribution in [0.15, 0.2) is 29.4 Å². The van der Waals surface area contributed by atoms with Gasteiger partial charge >= 0.3 is 0 Å². The Bertz CT molecular complexity index is 739. The molecule has 1 unspecified atom stereocenters. The van der Waals surface area contributed by atoms with Crippen LogP contribution in [-0.2, 0) is 20.9 Å². The number of carbonyl (C=O) groups excluding carboxylic acids is 2. The number of nitrogens with one attached hydrogen (secondary N) is 1. The molecule has 23 heavy (non-hydrogen) atoms. The van der Waals surface area contributed by atoms with Crippen molar-refractivity contribution in [1.82, 2.24) is 15.1 Å². The predicted molar refractivity (Wildman–Crippen MR) is 84.8 cm³/mol. The van der Waals surface area contributed by atoms with Crippen molar-refractivity contribution in [2.24, 2.45) is 4.99 Å². The summed E-state index contributed by atoms with van der Waals surface area (Å²) in [5, 5.41) is 11.6. The summed E-state index contributed by atoms with van der Waals surface area (Å²) < 4.78 is 4.98. The standard InChI is InChI=1S/C14H15N5O3S/c1-14(7-10(20)15-9-5-3-4-6-19(9)14)12(21)16-13-18-17-11(23-13)8-22-2/h3-6H,7-8H2,1-2H3,(H,16,18,21). The van der Waals surface area contributed by atoms with Gasteiger partial charge in [-0.15, -0.1) is 10.2 Å². The molecule has 0 spiro atoms. The molecule has 0 fully saturated rings. The van der Waals surface area contributed by atoms with E-state index in [9.17, 15) is 9.59 Å². The first-order valence-corrected chi connectivity index (χ1v) is 7.73. The average molecular weight is 333 g/mol. The third kappa shape index (κ3) is 2.92. The van der Waals surface area contributed by atoms with Crippen molar-refractivity contribution in [3.63, 3.8) is 0 Å². The molecular weight excluding hydrogens is 318 g/mol. The number of anilines is 1. The van der Waals surface area contributed by atoms with Gasteiger partial charge in [0.05, 0.1) is 6.42 Å². The van der Waals surface area contributed by atoms with Crippen LogP contribution in [0, 0.1) is 0 Å². The van der Waals surface area contributed by atoms with E-state index < -0.39 is 5.54 Å². The smallest absolute Gasteiger partial charge is 0.252 e. The van der Waals surface area contributed by atoms with E-state index in [0.29, 0.717) is 22.6 Å². The molecule has 120 valence electrons. The molecule has 0 saturated carbocycles. The highest BCUT2D eigenvalue weighted by Gasteiger charge is 2.45. The van der Waals surface area contributed by atoms with Gasteiger partial charge in [0.2, 0.25) is 5.13 Å². The van der Waals surface area contributed by atoms with Crippen LogP contribution in [0.2, 0.25) is 0 Å². The van der Waals surface area contributed by atoms with Crippen molar-refractivity contribution in [2.75, 3.05) is 12.4 Å². The number of aromatic nitrogens is 2. The predicted octanol–water partition coefficient (Wildman–Crippen LogP) is 1.10. The second-order valence-corrected chi connectivity index (χ2v) is 6.34. The van der Waals surface area contributed by atoms with E-state index in [1.54, 1.807) is 43.4 Å². The average Bonchev–Trinajstić information content (AvgIpc) is 2.94. The molecule has 0 aromatic carbocycles. The quantitative estimate of drug-likeness (QED) is 0.886. The van der Waals surface area contributed by atoms with Crippen molar-refractivity contribution < 1.29 is 14.3 Å². The third-order valence-electron chi connectivity index (χ3n) is 3.55. The first kappa shape index (κ1) is 15.5. The highest BCUT2D eigenvalue weighted by molar-refractivity contribution is 7.15. The van der Waals surface area contributed by atoms with Crippen molar-refractivity contribution in [2.45, 2.75) is 25.5 Å². The van der Waals surface area contributed by atoms with E-state index in [2.05, 4.69) is 20.5 Å². The summed E-state index contributed by atoms with van der Waals surface area (Å²) in [6.07, 6.45) is 6.99. The molecule has 0 bridgehead atoms. The molecular formula is C14H15N5O3S. The maximum atomic E-state index is 12.7. The Labute approximate surface area is 136 Å². The number of rotatable bonds is 4. The van der Waals surface area contributed by atoms with Gasteiger partial charge in [0, 0.05) is 13.3 Å². The van der Waals surface area contributed by atoms with Gasteiger partial charge in [-0.05, 0) is 19.1 Å². The SMILES string of the molecule is COCc1nnc(NC(=O)C2(C)CC(=O)N=C3C=CC=CN32)s1. The minimum absolute atomic E-state index is 0.00968. The number of hydrogen-bond donors (Lipinski definition) is 1. The van der Waals surface area contributed by atoms with E-state index in [4.69, 9.17) is 4.74 Å². The van der Waals surface area contributed by atoms with Gasteiger partial charge < -0.3 is 9.64 Å². The fourth-order valence-electron chi connectivity index (χ4n) is 2.40. The Balaban J connectivity index is 1.82. The molecule has 2 amide bonds. The highest BCUT2D eigenvalue weighted by Crippen LogP contribution is 2.29. The van der Waals surface area contributed by atoms with Crippen LogP contribution in [0.1, 0.15) is 18.4 Å². The van der Waals surface area contributed by atoms with Gasteiger partial charge in [-0.3, -0.25) is 14.9 Å². The summed E-state index contributed by atoms with van der Waals surface area (Å²) in [5.41, 5.74) is -1.07. The minimum Gasteiger partial charge on any atom is -0.377 e. The number of amidine groups is 1. The van der Waals surface area contributed by atoms with Gasteiger partial charge in [0.25, 0.3) is 11.8 Å². The largest absolute Gasteiger partial charge is 0.377 e.